The molecule has 0 spiro atoms. The number of fused-ring (bicyclic) bond motifs is 3. The number of aryl methyl sites for hydroxylation is 2. The molecule has 1 aliphatic rings. The Balaban J connectivity index is 1.48. The van der Waals surface area contributed by atoms with E-state index < -0.39 is 0 Å². The van der Waals surface area contributed by atoms with Gasteiger partial charge in [0.25, 0.3) is 5.91 Å². The molecule has 2 heterocycles. The van der Waals surface area contributed by atoms with Crippen LogP contribution in [-0.2, 0) is 19.4 Å². The number of nitrogens with one attached hydrogen (secondary N) is 2. The van der Waals surface area contributed by atoms with Gasteiger partial charge in [-0.05, 0) is 49.3 Å². The first kappa shape index (κ1) is 15.9. The minimum Gasteiger partial charge on any atom is -0.358 e. The number of benzene rings is 1. The van der Waals surface area contributed by atoms with Crippen LogP contribution in [0.2, 0.25) is 0 Å². The van der Waals surface area contributed by atoms with Crippen molar-refractivity contribution in [2.75, 3.05) is 6.54 Å². The maximum atomic E-state index is 12.6. The van der Waals surface area contributed by atoms with E-state index in [9.17, 15) is 4.79 Å². The van der Waals surface area contributed by atoms with Gasteiger partial charge in [-0.2, -0.15) is 5.10 Å². The van der Waals surface area contributed by atoms with Crippen LogP contribution in [0, 0.1) is 5.92 Å². The molecule has 3 aromatic rings. The zero-order chi connectivity index (χ0) is 17.2. The van der Waals surface area contributed by atoms with E-state index in [1.807, 2.05) is 29.1 Å². The van der Waals surface area contributed by atoms with E-state index in [4.69, 9.17) is 0 Å². The van der Waals surface area contributed by atoms with Crippen molar-refractivity contribution in [2.45, 2.75) is 39.2 Å². The van der Waals surface area contributed by atoms with Crippen LogP contribution in [-0.4, -0.2) is 27.2 Å². The van der Waals surface area contributed by atoms with Crippen molar-refractivity contribution >= 4 is 16.8 Å². The van der Waals surface area contributed by atoms with Gasteiger partial charge >= 0.3 is 0 Å². The fourth-order valence-corrected chi connectivity index (χ4v) is 3.78. The molecule has 0 saturated heterocycles. The first-order chi connectivity index (χ1) is 12.2. The van der Waals surface area contributed by atoms with Crippen molar-refractivity contribution in [2.24, 2.45) is 5.92 Å². The summed E-state index contributed by atoms with van der Waals surface area (Å²) in [6.45, 7) is 3.76. The number of amides is 1. The highest BCUT2D eigenvalue weighted by Gasteiger charge is 2.22. The highest BCUT2D eigenvalue weighted by molar-refractivity contribution is 6.06. The molecule has 1 atom stereocenters. The number of hydrogen-bond donors (Lipinski definition) is 2. The first-order valence-electron chi connectivity index (χ1n) is 9.10. The molecule has 1 aliphatic carbocycles. The average Bonchev–Trinajstić information content (AvgIpc) is 3.25. The van der Waals surface area contributed by atoms with Crippen molar-refractivity contribution in [1.82, 2.24) is 20.1 Å². The number of aromatic amines is 1. The predicted molar refractivity (Wildman–Crippen MR) is 98.7 cm³/mol. The molecule has 1 aromatic carbocycles. The van der Waals surface area contributed by atoms with Crippen LogP contribution in [0.3, 0.4) is 0 Å². The van der Waals surface area contributed by atoms with E-state index in [1.165, 1.54) is 23.1 Å². The molecule has 130 valence electrons. The molecule has 5 heteroatoms. The van der Waals surface area contributed by atoms with E-state index >= 15 is 0 Å². The largest absolute Gasteiger partial charge is 0.358 e. The zero-order valence-electron chi connectivity index (χ0n) is 14.6. The Hall–Kier alpha value is -2.56. The van der Waals surface area contributed by atoms with Crippen molar-refractivity contribution in [3.63, 3.8) is 0 Å². The number of H-pyrrole nitrogens is 1. The molecule has 4 rings (SSSR count). The lowest BCUT2D eigenvalue weighted by Crippen LogP contribution is -2.25. The summed E-state index contributed by atoms with van der Waals surface area (Å²) in [4.78, 5) is 16.2. The molecule has 0 saturated carbocycles. The van der Waals surface area contributed by atoms with Gasteiger partial charge in [0.1, 0.15) is 0 Å². The highest BCUT2D eigenvalue weighted by Crippen LogP contribution is 2.32. The highest BCUT2D eigenvalue weighted by atomic mass is 16.1. The molecule has 5 nitrogen and oxygen atoms in total. The lowest BCUT2D eigenvalue weighted by atomic mass is 9.87. The Morgan fingerprint density at radius 1 is 1.40 bits per heavy atom. The minimum atomic E-state index is -0.00212. The minimum absolute atomic E-state index is 0.00212. The normalized spacial score (nSPS) is 16.8. The SMILES string of the molecule is C[C@@H]1CCc2[nH]c3c(C(=O)NCCCn4cccn4)cccc3c2C1. The maximum absolute atomic E-state index is 12.6. The Bertz CT molecular complexity index is 879. The summed E-state index contributed by atoms with van der Waals surface area (Å²) in [6, 6.07) is 7.95. The van der Waals surface area contributed by atoms with Gasteiger partial charge in [0.2, 0.25) is 0 Å². The van der Waals surface area contributed by atoms with Crippen molar-refractivity contribution in [1.29, 1.82) is 0 Å². The van der Waals surface area contributed by atoms with Gasteiger partial charge in [-0.3, -0.25) is 9.48 Å². The zero-order valence-corrected chi connectivity index (χ0v) is 14.6. The van der Waals surface area contributed by atoms with Gasteiger partial charge < -0.3 is 10.3 Å². The number of carbonyl (C=O) groups excluding carboxylic acids is 1. The van der Waals surface area contributed by atoms with Crippen LogP contribution in [0.15, 0.2) is 36.7 Å². The van der Waals surface area contributed by atoms with Gasteiger partial charge in [0.15, 0.2) is 0 Å². The number of nitrogens with zero attached hydrogens (tertiary/aromatic N) is 2. The van der Waals surface area contributed by atoms with E-state index in [2.05, 4.69) is 28.4 Å². The number of rotatable bonds is 5. The summed E-state index contributed by atoms with van der Waals surface area (Å²) in [7, 11) is 0. The van der Waals surface area contributed by atoms with Crippen LogP contribution >= 0.6 is 0 Å². The molecule has 1 amide bonds. The lowest BCUT2D eigenvalue weighted by Gasteiger charge is -2.17. The number of para-hydroxylation sites is 1. The Kier molecular flexibility index (Phi) is 4.30. The molecule has 2 aromatic heterocycles. The van der Waals surface area contributed by atoms with E-state index in [1.54, 1.807) is 6.20 Å². The maximum Gasteiger partial charge on any atom is 0.253 e. The quantitative estimate of drug-likeness (QED) is 0.702. The number of carbonyl (C=O) groups is 1. The van der Waals surface area contributed by atoms with Crippen LogP contribution in [0.25, 0.3) is 10.9 Å². The number of hydrogen-bond acceptors (Lipinski definition) is 2. The van der Waals surface area contributed by atoms with Crippen LogP contribution < -0.4 is 5.32 Å². The van der Waals surface area contributed by atoms with Crippen molar-refractivity contribution in [3.05, 3.63) is 53.5 Å². The van der Waals surface area contributed by atoms with Crippen molar-refractivity contribution in [3.8, 4) is 0 Å². The smallest absolute Gasteiger partial charge is 0.253 e. The predicted octanol–water partition coefficient (Wildman–Crippen LogP) is 3.31. The molecule has 25 heavy (non-hydrogen) atoms. The molecule has 2 N–H and O–H groups in total. The third-order valence-electron chi connectivity index (χ3n) is 5.12. The van der Waals surface area contributed by atoms with Gasteiger partial charge in [-0.1, -0.05) is 19.1 Å². The first-order valence-corrected chi connectivity index (χ1v) is 9.10. The van der Waals surface area contributed by atoms with Gasteiger partial charge in [-0.15, -0.1) is 0 Å². The molecule has 0 radical (unpaired) electrons. The summed E-state index contributed by atoms with van der Waals surface area (Å²) < 4.78 is 1.88. The Morgan fingerprint density at radius 2 is 2.32 bits per heavy atom. The topological polar surface area (TPSA) is 62.7 Å². The van der Waals surface area contributed by atoms with E-state index in [-0.39, 0.29) is 5.91 Å². The van der Waals surface area contributed by atoms with Gasteiger partial charge in [0, 0.05) is 36.6 Å². The Morgan fingerprint density at radius 3 is 3.16 bits per heavy atom. The monoisotopic (exact) mass is 336 g/mol. The fraction of sp³-hybridized carbons (Fsp3) is 0.400. The Labute approximate surface area is 147 Å². The van der Waals surface area contributed by atoms with Crippen LogP contribution in [0.1, 0.15) is 41.4 Å². The van der Waals surface area contributed by atoms with Crippen LogP contribution in [0.4, 0.5) is 0 Å². The van der Waals surface area contributed by atoms with Gasteiger partial charge in [-0.25, -0.2) is 0 Å². The molecule has 0 unspecified atom stereocenters. The van der Waals surface area contributed by atoms with E-state index in [0.29, 0.717) is 12.5 Å². The third kappa shape index (κ3) is 3.18. The molecule has 0 bridgehead atoms. The summed E-state index contributed by atoms with van der Waals surface area (Å²) in [5.41, 5.74) is 4.46. The molecular formula is C20H24N4O. The summed E-state index contributed by atoms with van der Waals surface area (Å²) in [5.74, 6) is 0.712. The number of aromatic nitrogens is 3. The van der Waals surface area contributed by atoms with Gasteiger partial charge in [0.05, 0.1) is 11.1 Å². The second-order valence-corrected chi connectivity index (χ2v) is 7.04. The third-order valence-corrected chi connectivity index (χ3v) is 5.12. The van der Waals surface area contributed by atoms with E-state index in [0.717, 1.165) is 36.9 Å². The summed E-state index contributed by atoms with van der Waals surface area (Å²) in [6.07, 6.45) is 7.97. The molecule has 0 fully saturated rings. The van der Waals surface area contributed by atoms with Crippen molar-refractivity contribution < 1.29 is 4.79 Å². The summed E-state index contributed by atoms with van der Waals surface area (Å²) >= 11 is 0. The lowest BCUT2D eigenvalue weighted by molar-refractivity contribution is 0.0954. The fourth-order valence-electron chi connectivity index (χ4n) is 3.78. The second kappa shape index (κ2) is 6.75. The average molecular weight is 336 g/mol. The van der Waals surface area contributed by atoms with Crippen LogP contribution in [0.5, 0.6) is 0 Å². The second-order valence-electron chi connectivity index (χ2n) is 7.04. The molecular weight excluding hydrogens is 312 g/mol. The summed E-state index contributed by atoms with van der Waals surface area (Å²) in [5, 5.41) is 8.43. The standard InChI is InChI=1S/C20H24N4O/c1-14-7-8-18-17(13-14)15-5-2-6-16(19(15)23-18)20(25)21-9-3-11-24-12-4-10-22-24/h2,4-6,10,12,14,23H,3,7-9,11,13H2,1H3,(H,21,25)/t14-/m1/s1. The molecule has 0 aliphatic heterocycles.